The highest BCUT2D eigenvalue weighted by atomic mass is 79.9. The van der Waals surface area contributed by atoms with Gasteiger partial charge in [0.25, 0.3) is 5.91 Å². The first-order valence-corrected chi connectivity index (χ1v) is 8.57. The summed E-state index contributed by atoms with van der Waals surface area (Å²) >= 11 is 3.44. The van der Waals surface area contributed by atoms with Crippen LogP contribution in [-0.2, 0) is 4.79 Å². The van der Waals surface area contributed by atoms with Crippen LogP contribution in [0.5, 0.6) is 5.75 Å². The summed E-state index contributed by atoms with van der Waals surface area (Å²) < 4.78 is 6.56. The topological polar surface area (TPSA) is 38.3 Å². The fourth-order valence-electron chi connectivity index (χ4n) is 2.20. The predicted molar refractivity (Wildman–Crippen MR) is 98.2 cm³/mol. The first-order valence-electron chi connectivity index (χ1n) is 7.78. The number of hydrogen-bond donors (Lipinski definition) is 1. The standard InChI is InChI=1S/C19H22BrNO2/c1-4-13(2)15-5-8-17(9-6-15)23-12-19(22)21-16-7-10-18(20)14(3)11-16/h5-11,13H,4,12H2,1-3H3,(H,21,22)/t13-/m1/s1. The Kier molecular flexibility index (Phi) is 6.22. The van der Waals surface area contributed by atoms with Gasteiger partial charge in [-0.05, 0) is 60.7 Å². The molecular weight excluding hydrogens is 354 g/mol. The summed E-state index contributed by atoms with van der Waals surface area (Å²) in [5.74, 6) is 1.07. The second-order valence-corrected chi connectivity index (χ2v) is 6.53. The van der Waals surface area contributed by atoms with Gasteiger partial charge in [0.15, 0.2) is 6.61 Å². The SMILES string of the molecule is CC[C@@H](C)c1ccc(OCC(=O)Nc2ccc(Br)c(C)c2)cc1. The lowest BCUT2D eigenvalue weighted by Crippen LogP contribution is -2.20. The van der Waals surface area contributed by atoms with Crippen molar-refractivity contribution in [3.8, 4) is 5.75 Å². The molecule has 0 bridgehead atoms. The average molecular weight is 376 g/mol. The quantitative estimate of drug-likeness (QED) is 0.744. The van der Waals surface area contributed by atoms with Gasteiger partial charge in [0.2, 0.25) is 0 Å². The van der Waals surface area contributed by atoms with Crippen molar-refractivity contribution < 1.29 is 9.53 Å². The number of nitrogens with one attached hydrogen (secondary N) is 1. The van der Waals surface area contributed by atoms with Crippen molar-refractivity contribution in [2.24, 2.45) is 0 Å². The van der Waals surface area contributed by atoms with Crippen LogP contribution in [0.2, 0.25) is 0 Å². The number of hydrogen-bond acceptors (Lipinski definition) is 2. The Hall–Kier alpha value is -1.81. The number of ether oxygens (including phenoxy) is 1. The highest BCUT2D eigenvalue weighted by Gasteiger charge is 2.06. The molecule has 122 valence electrons. The zero-order valence-electron chi connectivity index (χ0n) is 13.7. The number of anilines is 1. The van der Waals surface area contributed by atoms with Crippen LogP contribution in [0, 0.1) is 6.92 Å². The van der Waals surface area contributed by atoms with Crippen LogP contribution in [0.1, 0.15) is 37.3 Å². The predicted octanol–water partition coefficient (Wildman–Crippen LogP) is 5.29. The zero-order valence-corrected chi connectivity index (χ0v) is 15.3. The number of benzene rings is 2. The van der Waals surface area contributed by atoms with Crippen LogP contribution in [0.4, 0.5) is 5.69 Å². The molecule has 0 heterocycles. The van der Waals surface area contributed by atoms with E-state index in [-0.39, 0.29) is 12.5 Å². The lowest BCUT2D eigenvalue weighted by Gasteiger charge is -2.11. The molecule has 23 heavy (non-hydrogen) atoms. The van der Waals surface area contributed by atoms with E-state index in [2.05, 4.69) is 47.2 Å². The van der Waals surface area contributed by atoms with E-state index in [1.165, 1.54) is 5.56 Å². The maximum absolute atomic E-state index is 12.0. The average Bonchev–Trinajstić information content (AvgIpc) is 2.56. The molecule has 1 amide bonds. The Labute approximate surface area is 146 Å². The van der Waals surface area contributed by atoms with E-state index in [1.807, 2.05) is 37.3 Å². The number of halogens is 1. The van der Waals surface area contributed by atoms with Crippen molar-refractivity contribution in [3.63, 3.8) is 0 Å². The highest BCUT2D eigenvalue weighted by molar-refractivity contribution is 9.10. The minimum Gasteiger partial charge on any atom is -0.484 e. The van der Waals surface area contributed by atoms with Crippen LogP contribution in [0.15, 0.2) is 46.9 Å². The van der Waals surface area contributed by atoms with E-state index in [1.54, 1.807) is 0 Å². The van der Waals surface area contributed by atoms with Gasteiger partial charge in [-0.15, -0.1) is 0 Å². The lowest BCUT2D eigenvalue weighted by atomic mass is 9.99. The van der Waals surface area contributed by atoms with Crippen molar-refractivity contribution in [1.82, 2.24) is 0 Å². The lowest BCUT2D eigenvalue weighted by molar-refractivity contribution is -0.118. The molecule has 0 aliphatic carbocycles. The molecule has 0 saturated carbocycles. The molecule has 2 aromatic rings. The van der Waals surface area contributed by atoms with Crippen LogP contribution in [0.3, 0.4) is 0 Å². The van der Waals surface area contributed by atoms with E-state index >= 15 is 0 Å². The highest BCUT2D eigenvalue weighted by Crippen LogP contribution is 2.22. The first kappa shape index (κ1) is 17.5. The van der Waals surface area contributed by atoms with Gasteiger partial charge in [-0.2, -0.15) is 0 Å². The summed E-state index contributed by atoms with van der Waals surface area (Å²) in [5, 5.41) is 2.83. The van der Waals surface area contributed by atoms with Gasteiger partial charge >= 0.3 is 0 Å². The third-order valence-corrected chi connectivity index (χ3v) is 4.76. The number of carbonyl (C=O) groups excluding carboxylic acids is 1. The fourth-order valence-corrected chi connectivity index (χ4v) is 2.44. The van der Waals surface area contributed by atoms with E-state index in [0.717, 1.165) is 22.1 Å². The van der Waals surface area contributed by atoms with Gasteiger partial charge in [0, 0.05) is 10.2 Å². The minimum absolute atomic E-state index is 0.00219. The van der Waals surface area contributed by atoms with Gasteiger partial charge in [-0.3, -0.25) is 4.79 Å². The number of amides is 1. The van der Waals surface area contributed by atoms with E-state index < -0.39 is 0 Å². The zero-order chi connectivity index (χ0) is 16.8. The van der Waals surface area contributed by atoms with E-state index in [0.29, 0.717) is 11.7 Å². The molecule has 1 N–H and O–H groups in total. The summed E-state index contributed by atoms with van der Waals surface area (Å²) in [6, 6.07) is 13.6. The van der Waals surface area contributed by atoms with Gasteiger partial charge in [0.1, 0.15) is 5.75 Å². The minimum atomic E-state index is -0.169. The molecule has 0 saturated heterocycles. The summed E-state index contributed by atoms with van der Waals surface area (Å²) in [7, 11) is 0. The molecule has 4 heteroatoms. The molecule has 1 atom stereocenters. The molecule has 0 unspecified atom stereocenters. The molecule has 2 rings (SSSR count). The maximum atomic E-state index is 12.0. The van der Waals surface area contributed by atoms with Crippen LogP contribution in [-0.4, -0.2) is 12.5 Å². The normalized spacial score (nSPS) is 11.8. The second kappa shape index (κ2) is 8.16. The Morgan fingerprint density at radius 3 is 2.52 bits per heavy atom. The fraction of sp³-hybridized carbons (Fsp3) is 0.316. The monoisotopic (exact) mass is 375 g/mol. The van der Waals surface area contributed by atoms with Crippen LogP contribution < -0.4 is 10.1 Å². The second-order valence-electron chi connectivity index (χ2n) is 5.68. The van der Waals surface area contributed by atoms with Crippen molar-refractivity contribution in [2.75, 3.05) is 11.9 Å². The Bertz CT molecular complexity index is 668. The van der Waals surface area contributed by atoms with E-state index in [9.17, 15) is 4.79 Å². The third kappa shape index (κ3) is 5.10. The van der Waals surface area contributed by atoms with Gasteiger partial charge in [0.05, 0.1) is 0 Å². The molecule has 0 radical (unpaired) electrons. The molecule has 0 spiro atoms. The maximum Gasteiger partial charge on any atom is 0.262 e. The number of carbonyl (C=O) groups is 1. The smallest absolute Gasteiger partial charge is 0.262 e. The molecule has 3 nitrogen and oxygen atoms in total. The van der Waals surface area contributed by atoms with Gasteiger partial charge in [-0.25, -0.2) is 0 Å². The Balaban J connectivity index is 1.87. The van der Waals surface area contributed by atoms with Crippen molar-refractivity contribution in [3.05, 3.63) is 58.1 Å². The van der Waals surface area contributed by atoms with Crippen LogP contribution in [0.25, 0.3) is 0 Å². The molecule has 0 aliphatic rings. The van der Waals surface area contributed by atoms with Crippen molar-refractivity contribution >= 4 is 27.5 Å². The van der Waals surface area contributed by atoms with Gasteiger partial charge < -0.3 is 10.1 Å². The molecule has 0 aliphatic heterocycles. The van der Waals surface area contributed by atoms with Crippen molar-refractivity contribution in [2.45, 2.75) is 33.1 Å². The third-order valence-electron chi connectivity index (χ3n) is 3.87. The largest absolute Gasteiger partial charge is 0.484 e. The van der Waals surface area contributed by atoms with Gasteiger partial charge in [-0.1, -0.05) is 41.9 Å². The first-order chi connectivity index (χ1) is 11.0. The van der Waals surface area contributed by atoms with E-state index in [4.69, 9.17) is 4.74 Å². The summed E-state index contributed by atoms with van der Waals surface area (Å²) in [5.41, 5.74) is 3.13. The molecular formula is C19H22BrNO2. The number of rotatable bonds is 6. The number of aryl methyl sites for hydroxylation is 1. The molecule has 0 fully saturated rings. The Morgan fingerprint density at radius 2 is 1.91 bits per heavy atom. The summed E-state index contributed by atoms with van der Waals surface area (Å²) in [6.45, 7) is 6.35. The Morgan fingerprint density at radius 1 is 1.22 bits per heavy atom. The molecule has 0 aromatic heterocycles. The van der Waals surface area contributed by atoms with Crippen LogP contribution >= 0.6 is 15.9 Å². The van der Waals surface area contributed by atoms with Crippen molar-refractivity contribution in [1.29, 1.82) is 0 Å². The summed E-state index contributed by atoms with van der Waals surface area (Å²) in [4.78, 5) is 12.0. The summed E-state index contributed by atoms with van der Waals surface area (Å²) in [6.07, 6.45) is 1.11. The molecule has 2 aromatic carbocycles.